The largest absolute Gasteiger partial charge is 0.350 e. The average molecular weight is 377 g/mol. The number of nitrogens with one attached hydrogen (secondary N) is 2. The van der Waals surface area contributed by atoms with Gasteiger partial charge in [-0.2, -0.15) is 0 Å². The third-order valence-corrected chi connectivity index (χ3v) is 5.91. The lowest BCUT2D eigenvalue weighted by atomic mass is 9.78. The van der Waals surface area contributed by atoms with Gasteiger partial charge in [0.1, 0.15) is 11.6 Å². The fourth-order valence-corrected chi connectivity index (χ4v) is 4.31. The normalized spacial score (nSPS) is 21.1. The molecule has 0 unspecified atom stereocenters. The van der Waals surface area contributed by atoms with Crippen LogP contribution in [0.4, 0.5) is 0 Å². The summed E-state index contributed by atoms with van der Waals surface area (Å²) in [4.78, 5) is 26.1. The summed E-state index contributed by atoms with van der Waals surface area (Å²) in [5.41, 5.74) is 4.71. The van der Waals surface area contributed by atoms with Gasteiger partial charge in [0, 0.05) is 6.54 Å². The summed E-state index contributed by atoms with van der Waals surface area (Å²) < 4.78 is 0. The van der Waals surface area contributed by atoms with E-state index in [4.69, 9.17) is 0 Å². The predicted octanol–water partition coefficient (Wildman–Crippen LogP) is 2.96. The van der Waals surface area contributed by atoms with Crippen LogP contribution in [-0.4, -0.2) is 28.4 Å². The maximum Gasteiger partial charge on any atom is 0.257 e. The average Bonchev–Trinajstić information content (AvgIpc) is 2.76. The summed E-state index contributed by atoms with van der Waals surface area (Å²) >= 11 is 0. The van der Waals surface area contributed by atoms with Crippen LogP contribution in [0, 0.1) is 0 Å². The minimum absolute atomic E-state index is 0.0283. The van der Waals surface area contributed by atoms with E-state index in [1.807, 2.05) is 60.7 Å². The van der Waals surface area contributed by atoms with E-state index in [1.54, 1.807) is 5.01 Å². The van der Waals surface area contributed by atoms with Crippen molar-refractivity contribution in [2.75, 3.05) is 0 Å². The summed E-state index contributed by atoms with van der Waals surface area (Å²) in [7, 11) is 0. The van der Waals surface area contributed by atoms with Gasteiger partial charge in [-0.05, 0) is 30.4 Å². The van der Waals surface area contributed by atoms with Crippen LogP contribution in [0.15, 0.2) is 60.7 Å². The van der Waals surface area contributed by atoms with Crippen molar-refractivity contribution in [1.29, 1.82) is 0 Å². The zero-order valence-electron chi connectivity index (χ0n) is 16.1. The lowest BCUT2D eigenvalue weighted by molar-refractivity contribution is -0.174. The number of hydrazine groups is 1. The molecule has 0 bridgehead atoms. The van der Waals surface area contributed by atoms with Gasteiger partial charge in [-0.1, -0.05) is 79.9 Å². The first-order chi connectivity index (χ1) is 13.7. The fraction of sp³-hybridized carbons (Fsp3) is 0.391. The van der Waals surface area contributed by atoms with E-state index >= 15 is 0 Å². The van der Waals surface area contributed by atoms with Crippen molar-refractivity contribution in [2.24, 2.45) is 0 Å². The molecule has 0 radical (unpaired) electrons. The van der Waals surface area contributed by atoms with Crippen molar-refractivity contribution in [2.45, 2.75) is 56.7 Å². The third kappa shape index (κ3) is 3.67. The number of rotatable bonds is 6. The first-order valence-electron chi connectivity index (χ1n) is 10.2. The molecule has 5 nitrogen and oxygen atoms in total. The Hall–Kier alpha value is -2.66. The minimum atomic E-state index is -0.767. The zero-order valence-corrected chi connectivity index (χ0v) is 16.1. The molecule has 1 aliphatic heterocycles. The first-order valence-corrected chi connectivity index (χ1v) is 10.2. The number of benzene rings is 2. The molecule has 2 aliphatic rings. The Morgan fingerprint density at radius 3 is 2.18 bits per heavy atom. The summed E-state index contributed by atoms with van der Waals surface area (Å²) in [6.45, 7) is 0.483. The SMILES string of the molecule is O=C1[C@@H](Cc2ccccc2)NN1C1(C(=O)NCc2ccccc2)CCCCC1. The summed E-state index contributed by atoms with van der Waals surface area (Å²) in [5.74, 6) is -0.0179. The van der Waals surface area contributed by atoms with E-state index < -0.39 is 5.54 Å². The maximum absolute atomic E-state index is 13.2. The molecule has 2 aromatic carbocycles. The van der Waals surface area contributed by atoms with Crippen LogP contribution in [0.1, 0.15) is 43.2 Å². The highest BCUT2D eigenvalue weighted by Crippen LogP contribution is 2.36. The highest BCUT2D eigenvalue weighted by molar-refractivity contribution is 5.95. The highest BCUT2D eigenvalue weighted by Gasteiger charge is 2.53. The van der Waals surface area contributed by atoms with Crippen molar-refractivity contribution < 1.29 is 9.59 Å². The Kier molecular flexibility index (Phi) is 5.44. The van der Waals surface area contributed by atoms with Crippen LogP contribution in [-0.2, 0) is 22.6 Å². The summed E-state index contributed by atoms with van der Waals surface area (Å²) in [6.07, 6.45) is 5.12. The summed E-state index contributed by atoms with van der Waals surface area (Å²) in [6, 6.07) is 19.6. The van der Waals surface area contributed by atoms with E-state index in [0.717, 1.165) is 30.4 Å². The molecule has 28 heavy (non-hydrogen) atoms. The van der Waals surface area contributed by atoms with E-state index in [-0.39, 0.29) is 17.9 Å². The first kappa shape index (κ1) is 18.7. The van der Waals surface area contributed by atoms with E-state index in [0.29, 0.717) is 25.8 Å². The van der Waals surface area contributed by atoms with Gasteiger partial charge >= 0.3 is 0 Å². The van der Waals surface area contributed by atoms with Gasteiger partial charge < -0.3 is 5.32 Å². The van der Waals surface area contributed by atoms with Crippen LogP contribution in [0.2, 0.25) is 0 Å². The maximum atomic E-state index is 13.2. The summed E-state index contributed by atoms with van der Waals surface area (Å²) in [5, 5.41) is 4.70. The molecular formula is C23H27N3O2. The van der Waals surface area contributed by atoms with Crippen molar-refractivity contribution in [1.82, 2.24) is 15.8 Å². The number of carbonyl (C=O) groups is 2. The van der Waals surface area contributed by atoms with Gasteiger partial charge in [0.2, 0.25) is 5.91 Å². The van der Waals surface area contributed by atoms with Gasteiger partial charge in [0.05, 0.1) is 0 Å². The molecule has 1 saturated carbocycles. The van der Waals surface area contributed by atoms with Gasteiger partial charge in [-0.3, -0.25) is 14.6 Å². The van der Waals surface area contributed by atoms with Gasteiger partial charge in [0.25, 0.3) is 5.91 Å². The second kappa shape index (κ2) is 8.15. The molecule has 2 N–H and O–H groups in total. The number of hydrogen-bond acceptors (Lipinski definition) is 3. The molecule has 5 heteroatoms. The Morgan fingerprint density at radius 2 is 1.57 bits per heavy atom. The monoisotopic (exact) mass is 377 g/mol. The van der Waals surface area contributed by atoms with Crippen molar-refractivity contribution in [3.05, 3.63) is 71.8 Å². The minimum Gasteiger partial charge on any atom is -0.350 e. The molecule has 1 heterocycles. The van der Waals surface area contributed by atoms with Gasteiger partial charge in [-0.25, -0.2) is 5.43 Å². The van der Waals surface area contributed by atoms with Gasteiger partial charge in [-0.15, -0.1) is 0 Å². The van der Waals surface area contributed by atoms with Crippen molar-refractivity contribution in [3.63, 3.8) is 0 Å². The molecule has 0 spiro atoms. The molecule has 1 aliphatic carbocycles. The lowest BCUT2D eigenvalue weighted by Gasteiger charge is -2.52. The van der Waals surface area contributed by atoms with Crippen molar-refractivity contribution in [3.8, 4) is 0 Å². The molecule has 146 valence electrons. The number of nitrogens with zero attached hydrogens (tertiary/aromatic N) is 1. The number of hydrogen-bond donors (Lipinski definition) is 2. The zero-order chi connectivity index (χ0) is 19.4. The van der Waals surface area contributed by atoms with Gasteiger partial charge in [0.15, 0.2) is 0 Å². The second-order valence-electron chi connectivity index (χ2n) is 7.81. The smallest absolute Gasteiger partial charge is 0.257 e. The van der Waals surface area contributed by atoms with E-state index in [2.05, 4.69) is 10.7 Å². The molecule has 4 rings (SSSR count). The molecular weight excluding hydrogens is 350 g/mol. The Morgan fingerprint density at radius 1 is 0.964 bits per heavy atom. The highest BCUT2D eigenvalue weighted by atomic mass is 16.2. The molecule has 2 amide bonds. The third-order valence-electron chi connectivity index (χ3n) is 5.91. The topological polar surface area (TPSA) is 61.4 Å². The standard InChI is InChI=1S/C23H27N3O2/c27-21-20(16-18-10-4-1-5-11-18)25-26(21)23(14-8-3-9-15-23)22(28)24-17-19-12-6-2-7-13-19/h1-2,4-7,10-13,20,25H,3,8-9,14-17H2,(H,24,28)/t20-/m1/s1. The number of carbonyl (C=O) groups excluding carboxylic acids is 2. The number of amides is 2. The molecule has 0 aromatic heterocycles. The molecule has 1 saturated heterocycles. The molecule has 1 atom stereocenters. The van der Waals surface area contributed by atoms with Crippen LogP contribution >= 0.6 is 0 Å². The van der Waals surface area contributed by atoms with Crippen LogP contribution in [0.3, 0.4) is 0 Å². The van der Waals surface area contributed by atoms with Crippen LogP contribution < -0.4 is 10.7 Å². The lowest BCUT2D eigenvalue weighted by Crippen LogP contribution is -2.78. The van der Waals surface area contributed by atoms with Crippen LogP contribution in [0.25, 0.3) is 0 Å². The second-order valence-corrected chi connectivity index (χ2v) is 7.81. The van der Waals surface area contributed by atoms with E-state index in [1.165, 1.54) is 0 Å². The Balaban J connectivity index is 1.44. The quantitative estimate of drug-likeness (QED) is 0.814. The Bertz CT molecular complexity index is 816. The Labute approximate surface area is 166 Å². The fourth-order valence-electron chi connectivity index (χ4n) is 4.31. The predicted molar refractivity (Wildman–Crippen MR) is 108 cm³/mol. The molecule has 2 aromatic rings. The van der Waals surface area contributed by atoms with E-state index in [9.17, 15) is 9.59 Å². The molecule has 2 fully saturated rings. The van der Waals surface area contributed by atoms with Crippen molar-refractivity contribution >= 4 is 11.8 Å². The van der Waals surface area contributed by atoms with Crippen LogP contribution in [0.5, 0.6) is 0 Å².